The maximum Gasteiger partial charge on any atom is 0.267 e. The summed E-state index contributed by atoms with van der Waals surface area (Å²) in [6.07, 6.45) is 0.854. The molecule has 0 spiro atoms. The van der Waals surface area contributed by atoms with E-state index in [1.54, 1.807) is 6.07 Å². The van der Waals surface area contributed by atoms with Crippen molar-refractivity contribution in [3.05, 3.63) is 65.3 Å². The largest absolute Gasteiger partial charge is 0.385 e. The van der Waals surface area contributed by atoms with Gasteiger partial charge in [0.2, 0.25) is 0 Å². The molecule has 1 aromatic heterocycles. The van der Waals surface area contributed by atoms with Gasteiger partial charge in [-0.05, 0) is 42.8 Å². The highest BCUT2D eigenvalue weighted by Crippen LogP contribution is 2.20. The molecule has 118 valence electrons. The number of fused-ring (bicyclic) bond motifs is 1. The number of hydrogen-bond acceptors (Lipinski definition) is 2. The molecule has 3 rings (SSSR count). The summed E-state index contributed by atoms with van der Waals surface area (Å²) in [4.78, 5) is 15.2. The van der Waals surface area contributed by atoms with Crippen molar-refractivity contribution in [3.8, 4) is 0 Å². The number of carbonyl (C=O) groups excluding carboxylic acids is 1. The van der Waals surface area contributed by atoms with Gasteiger partial charge in [-0.25, -0.2) is 0 Å². The van der Waals surface area contributed by atoms with Crippen LogP contribution in [-0.2, 0) is 0 Å². The quantitative estimate of drug-likeness (QED) is 0.598. The van der Waals surface area contributed by atoms with Crippen LogP contribution in [0.5, 0.6) is 0 Å². The number of anilines is 1. The van der Waals surface area contributed by atoms with Crippen LogP contribution in [0.25, 0.3) is 10.9 Å². The summed E-state index contributed by atoms with van der Waals surface area (Å²) in [5.74, 6) is -0.1000. The highest BCUT2D eigenvalue weighted by atomic mass is 35.5. The lowest BCUT2D eigenvalue weighted by atomic mass is 10.2. The Hall–Kier alpha value is -2.46. The average Bonchev–Trinajstić information content (AvgIpc) is 2.98. The van der Waals surface area contributed by atoms with Gasteiger partial charge in [0.15, 0.2) is 0 Å². The molecule has 0 atom stereocenters. The SMILES string of the molecule is O=C(NCCCNc1ccccc1)c1cc2cc(Cl)ccc2[nH]1. The number of H-pyrrole nitrogens is 1. The first kappa shape index (κ1) is 15.4. The molecule has 0 saturated carbocycles. The van der Waals surface area contributed by atoms with Gasteiger partial charge in [-0.15, -0.1) is 0 Å². The Kier molecular flexibility index (Phi) is 4.83. The maximum absolute atomic E-state index is 12.1. The van der Waals surface area contributed by atoms with Crippen LogP contribution in [0.15, 0.2) is 54.6 Å². The summed E-state index contributed by atoms with van der Waals surface area (Å²) in [7, 11) is 0. The third kappa shape index (κ3) is 4.05. The number of aromatic amines is 1. The van der Waals surface area contributed by atoms with Crippen molar-refractivity contribution < 1.29 is 4.79 Å². The Balaban J connectivity index is 1.47. The molecular formula is C18H18ClN3O. The van der Waals surface area contributed by atoms with Gasteiger partial charge in [0.25, 0.3) is 5.91 Å². The summed E-state index contributed by atoms with van der Waals surface area (Å²) >= 11 is 5.96. The fourth-order valence-electron chi connectivity index (χ4n) is 2.40. The zero-order chi connectivity index (χ0) is 16.1. The van der Waals surface area contributed by atoms with Crippen LogP contribution in [0.3, 0.4) is 0 Å². The Morgan fingerprint density at radius 1 is 1.04 bits per heavy atom. The van der Waals surface area contributed by atoms with Gasteiger partial charge in [0.1, 0.15) is 5.69 Å². The Morgan fingerprint density at radius 2 is 1.87 bits per heavy atom. The van der Waals surface area contributed by atoms with Gasteiger partial charge in [-0.2, -0.15) is 0 Å². The van der Waals surface area contributed by atoms with Crippen molar-refractivity contribution in [2.24, 2.45) is 0 Å². The summed E-state index contributed by atoms with van der Waals surface area (Å²) in [5, 5.41) is 7.83. The normalized spacial score (nSPS) is 10.7. The molecule has 0 fully saturated rings. The lowest BCUT2D eigenvalue weighted by Crippen LogP contribution is -2.26. The van der Waals surface area contributed by atoms with Crippen LogP contribution in [0, 0.1) is 0 Å². The number of aromatic nitrogens is 1. The Morgan fingerprint density at radius 3 is 2.70 bits per heavy atom. The first-order valence-corrected chi connectivity index (χ1v) is 7.95. The van der Waals surface area contributed by atoms with Crippen molar-refractivity contribution in [3.63, 3.8) is 0 Å². The number of para-hydroxylation sites is 1. The van der Waals surface area contributed by atoms with E-state index in [-0.39, 0.29) is 5.91 Å². The van der Waals surface area contributed by atoms with E-state index in [9.17, 15) is 4.79 Å². The van der Waals surface area contributed by atoms with Gasteiger partial charge < -0.3 is 15.6 Å². The van der Waals surface area contributed by atoms with E-state index in [1.165, 1.54) is 0 Å². The molecule has 3 N–H and O–H groups in total. The molecule has 3 aromatic rings. The minimum absolute atomic E-state index is 0.1000. The molecule has 4 nitrogen and oxygen atoms in total. The fourth-order valence-corrected chi connectivity index (χ4v) is 2.58. The second-order valence-corrected chi connectivity index (χ2v) is 5.75. The highest BCUT2D eigenvalue weighted by molar-refractivity contribution is 6.31. The van der Waals surface area contributed by atoms with Crippen molar-refractivity contribution in [2.75, 3.05) is 18.4 Å². The predicted octanol–water partition coefficient (Wildman–Crippen LogP) is 4.05. The molecule has 0 aliphatic heterocycles. The van der Waals surface area contributed by atoms with Crippen LogP contribution in [0.4, 0.5) is 5.69 Å². The van der Waals surface area contributed by atoms with Crippen LogP contribution in [0.2, 0.25) is 5.02 Å². The topological polar surface area (TPSA) is 56.9 Å². The van der Waals surface area contributed by atoms with Gasteiger partial charge in [0.05, 0.1) is 0 Å². The summed E-state index contributed by atoms with van der Waals surface area (Å²) in [6, 6.07) is 17.3. The van der Waals surface area contributed by atoms with E-state index in [0.29, 0.717) is 17.3 Å². The van der Waals surface area contributed by atoms with Gasteiger partial charge in [0, 0.05) is 34.7 Å². The summed E-state index contributed by atoms with van der Waals surface area (Å²) in [6.45, 7) is 1.43. The molecule has 0 aliphatic rings. The van der Waals surface area contributed by atoms with E-state index < -0.39 is 0 Å². The number of halogens is 1. The molecule has 5 heteroatoms. The van der Waals surface area contributed by atoms with E-state index in [1.807, 2.05) is 48.5 Å². The van der Waals surface area contributed by atoms with Crippen LogP contribution >= 0.6 is 11.6 Å². The lowest BCUT2D eigenvalue weighted by Gasteiger charge is -2.06. The highest BCUT2D eigenvalue weighted by Gasteiger charge is 2.08. The smallest absolute Gasteiger partial charge is 0.267 e. The monoisotopic (exact) mass is 327 g/mol. The van der Waals surface area contributed by atoms with Crippen molar-refractivity contribution in [1.82, 2.24) is 10.3 Å². The maximum atomic E-state index is 12.1. The van der Waals surface area contributed by atoms with E-state index >= 15 is 0 Å². The zero-order valence-corrected chi connectivity index (χ0v) is 13.4. The number of amides is 1. The standard InChI is InChI=1S/C18H18ClN3O/c19-14-7-8-16-13(11-14)12-17(22-16)18(23)21-10-4-9-20-15-5-2-1-3-6-15/h1-3,5-8,11-12,20,22H,4,9-10H2,(H,21,23). The minimum atomic E-state index is -0.1000. The number of carbonyl (C=O) groups is 1. The van der Waals surface area contributed by atoms with E-state index in [2.05, 4.69) is 15.6 Å². The number of rotatable bonds is 6. The average molecular weight is 328 g/mol. The van der Waals surface area contributed by atoms with E-state index in [0.717, 1.165) is 29.6 Å². The molecule has 0 radical (unpaired) electrons. The second-order valence-electron chi connectivity index (χ2n) is 5.32. The molecular weight excluding hydrogens is 310 g/mol. The van der Waals surface area contributed by atoms with Gasteiger partial charge in [-0.3, -0.25) is 4.79 Å². The summed E-state index contributed by atoms with van der Waals surface area (Å²) < 4.78 is 0. The molecule has 23 heavy (non-hydrogen) atoms. The molecule has 0 saturated heterocycles. The van der Waals surface area contributed by atoms with Crippen LogP contribution in [-0.4, -0.2) is 24.0 Å². The first-order chi connectivity index (χ1) is 11.2. The second kappa shape index (κ2) is 7.20. The van der Waals surface area contributed by atoms with Crippen LogP contribution in [0.1, 0.15) is 16.9 Å². The van der Waals surface area contributed by atoms with Crippen LogP contribution < -0.4 is 10.6 Å². The molecule has 0 aliphatic carbocycles. The van der Waals surface area contributed by atoms with Gasteiger partial charge >= 0.3 is 0 Å². The van der Waals surface area contributed by atoms with Crippen molar-refractivity contribution in [1.29, 1.82) is 0 Å². The Labute approximate surface area is 139 Å². The van der Waals surface area contributed by atoms with E-state index in [4.69, 9.17) is 11.6 Å². The fraction of sp³-hybridized carbons (Fsp3) is 0.167. The lowest BCUT2D eigenvalue weighted by molar-refractivity contribution is 0.0949. The predicted molar refractivity (Wildman–Crippen MR) is 95.2 cm³/mol. The van der Waals surface area contributed by atoms with Gasteiger partial charge in [-0.1, -0.05) is 29.8 Å². The molecule has 2 aromatic carbocycles. The molecule has 0 unspecified atom stereocenters. The third-order valence-corrected chi connectivity index (χ3v) is 3.80. The van der Waals surface area contributed by atoms with Crippen molar-refractivity contribution in [2.45, 2.75) is 6.42 Å². The van der Waals surface area contributed by atoms with Crippen molar-refractivity contribution >= 4 is 34.1 Å². The Bertz CT molecular complexity index is 798. The molecule has 0 bridgehead atoms. The minimum Gasteiger partial charge on any atom is -0.385 e. The molecule has 1 heterocycles. The first-order valence-electron chi connectivity index (χ1n) is 7.58. The number of benzene rings is 2. The third-order valence-electron chi connectivity index (χ3n) is 3.57. The number of hydrogen-bond donors (Lipinski definition) is 3. The molecule has 1 amide bonds. The number of nitrogens with one attached hydrogen (secondary N) is 3. The summed E-state index contributed by atoms with van der Waals surface area (Å²) in [5.41, 5.74) is 2.55. The zero-order valence-electron chi connectivity index (χ0n) is 12.6.